The van der Waals surface area contributed by atoms with Crippen LogP contribution in [0.2, 0.25) is 0 Å². The number of nitrogens with one attached hydrogen (secondary N) is 2. The summed E-state index contributed by atoms with van der Waals surface area (Å²) in [5.74, 6) is 1.82. The Kier molecular flexibility index (Phi) is 6.87. The number of hydrogen-bond acceptors (Lipinski definition) is 6. The van der Waals surface area contributed by atoms with Crippen LogP contribution in [0.4, 0.5) is 5.69 Å². The Morgan fingerprint density at radius 1 is 1.10 bits per heavy atom. The third-order valence-electron chi connectivity index (χ3n) is 5.90. The van der Waals surface area contributed by atoms with E-state index in [0.29, 0.717) is 22.9 Å². The summed E-state index contributed by atoms with van der Waals surface area (Å²) in [4.78, 5) is 13.0. The lowest BCUT2D eigenvalue weighted by atomic mass is 9.95. The maximum atomic E-state index is 13.0. The Morgan fingerprint density at radius 2 is 1.83 bits per heavy atom. The molecule has 2 N–H and O–H groups in total. The third-order valence-corrected chi connectivity index (χ3v) is 5.90. The van der Waals surface area contributed by atoms with E-state index < -0.39 is 0 Å². The molecule has 2 aromatic rings. The summed E-state index contributed by atoms with van der Waals surface area (Å²) in [6.45, 7) is 4.17. The Bertz CT molecular complexity index is 974. The average Bonchev–Trinajstić information content (AvgIpc) is 3.00. The van der Waals surface area contributed by atoms with Crippen molar-refractivity contribution in [1.29, 1.82) is 0 Å². The summed E-state index contributed by atoms with van der Waals surface area (Å²) >= 11 is 0. The van der Waals surface area contributed by atoms with Gasteiger partial charge in [0.05, 0.1) is 27.0 Å². The fraction of sp³-hybridized carbons (Fsp3) is 0.458. The van der Waals surface area contributed by atoms with Gasteiger partial charge < -0.3 is 24.8 Å². The first-order valence-corrected chi connectivity index (χ1v) is 10.4. The molecule has 0 radical (unpaired) electrons. The van der Waals surface area contributed by atoms with Crippen LogP contribution >= 0.6 is 0 Å². The fourth-order valence-electron chi connectivity index (χ4n) is 4.10. The van der Waals surface area contributed by atoms with E-state index in [1.54, 1.807) is 27.4 Å². The first kappa shape index (κ1) is 22.0. The highest BCUT2D eigenvalue weighted by Crippen LogP contribution is 2.50. The molecule has 0 bridgehead atoms. The maximum absolute atomic E-state index is 13.0. The van der Waals surface area contributed by atoms with Gasteiger partial charge in [-0.15, -0.1) is 0 Å². The van der Waals surface area contributed by atoms with Crippen LogP contribution in [0.25, 0.3) is 11.1 Å². The van der Waals surface area contributed by atoms with Crippen LogP contribution in [0.3, 0.4) is 0 Å². The summed E-state index contributed by atoms with van der Waals surface area (Å²) in [6, 6.07) is 7.93. The Balaban J connectivity index is 2.35. The van der Waals surface area contributed by atoms with E-state index in [-0.39, 0.29) is 17.5 Å². The van der Waals surface area contributed by atoms with Gasteiger partial charge in [0.2, 0.25) is 11.2 Å². The molecule has 30 heavy (non-hydrogen) atoms. The van der Waals surface area contributed by atoms with Crippen molar-refractivity contribution < 1.29 is 14.2 Å². The summed E-state index contributed by atoms with van der Waals surface area (Å²) < 4.78 is 17.0. The second kappa shape index (κ2) is 9.39. The molecule has 6 nitrogen and oxygen atoms in total. The quantitative estimate of drug-likeness (QED) is 0.712. The monoisotopic (exact) mass is 412 g/mol. The summed E-state index contributed by atoms with van der Waals surface area (Å²) in [7, 11) is 6.80. The molecule has 6 heteroatoms. The van der Waals surface area contributed by atoms with E-state index in [9.17, 15) is 4.79 Å². The number of benzene rings is 1. The van der Waals surface area contributed by atoms with E-state index in [1.165, 1.54) is 0 Å². The number of rotatable bonds is 7. The van der Waals surface area contributed by atoms with Crippen molar-refractivity contribution in [2.24, 2.45) is 0 Å². The second-order valence-electron chi connectivity index (χ2n) is 7.64. The van der Waals surface area contributed by atoms with Crippen LogP contribution in [0.5, 0.6) is 17.2 Å². The van der Waals surface area contributed by atoms with Crippen molar-refractivity contribution in [1.82, 2.24) is 5.32 Å². The Morgan fingerprint density at radius 3 is 2.43 bits per heavy atom. The number of anilines is 1. The van der Waals surface area contributed by atoms with E-state index >= 15 is 0 Å². The lowest BCUT2D eigenvalue weighted by Crippen LogP contribution is -2.20. The van der Waals surface area contributed by atoms with Crippen molar-refractivity contribution in [2.45, 2.75) is 45.2 Å². The van der Waals surface area contributed by atoms with Gasteiger partial charge in [-0.05, 0) is 68.1 Å². The van der Waals surface area contributed by atoms with Gasteiger partial charge in [-0.25, -0.2) is 0 Å². The Labute approximate surface area is 178 Å². The van der Waals surface area contributed by atoms with Crippen LogP contribution in [0.1, 0.15) is 43.9 Å². The lowest BCUT2D eigenvalue weighted by Gasteiger charge is -2.19. The molecule has 0 saturated heterocycles. The average molecular weight is 413 g/mol. The van der Waals surface area contributed by atoms with Gasteiger partial charge in [0.25, 0.3) is 0 Å². The van der Waals surface area contributed by atoms with Crippen molar-refractivity contribution in [2.75, 3.05) is 33.7 Å². The maximum Gasteiger partial charge on any atom is 0.203 e. The second-order valence-corrected chi connectivity index (χ2v) is 7.64. The summed E-state index contributed by atoms with van der Waals surface area (Å²) in [6.07, 6.45) is 2.61. The van der Waals surface area contributed by atoms with E-state index in [4.69, 9.17) is 14.2 Å². The standard InChI is InChI=1S/C24H32N2O4/c1-7-14(2)26-19-11-9-16-17(13-20(19)27)18(25-3)10-8-15-12-21(28-4)23(29-5)24(30-6)22(15)16/h9,11-14,18,25H,7-8,10H2,1-6H3,(H,26,27)/t14?,18-/m0/s1. The minimum absolute atomic E-state index is 0.0142. The lowest BCUT2D eigenvalue weighted by molar-refractivity contribution is 0.324. The summed E-state index contributed by atoms with van der Waals surface area (Å²) in [5, 5.41) is 6.72. The molecule has 1 aliphatic carbocycles. The van der Waals surface area contributed by atoms with E-state index in [1.807, 2.05) is 25.2 Å². The molecule has 2 atom stereocenters. The molecule has 0 fully saturated rings. The predicted octanol–water partition coefficient (Wildman–Crippen LogP) is 4.16. The van der Waals surface area contributed by atoms with Gasteiger partial charge in [0, 0.05) is 17.6 Å². The van der Waals surface area contributed by atoms with Gasteiger partial charge in [-0.3, -0.25) is 4.79 Å². The largest absolute Gasteiger partial charge is 0.493 e. The fourth-order valence-corrected chi connectivity index (χ4v) is 4.10. The highest BCUT2D eigenvalue weighted by Gasteiger charge is 2.28. The molecule has 0 amide bonds. The van der Waals surface area contributed by atoms with E-state index in [0.717, 1.165) is 41.5 Å². The van der Waals surface area contributed by atoms with Gasteiger partial charge in [-0.1, -0.05) is 13.0 Å². The minimum Gasteiger partial charge on any atom is -0.493 e. The molecule has 2 aromatic carbocycles. The summed E-state index contributed by atoms with van der Waals surface area (Å²) in [5.41, 5.74) is 4.58. The third kappa shape index (κ3) is 3.97. The van der Waals surface area contributed by atoms with Crippen LogP contribution in [-0.4, -0.2) is 34.4 Å². The van der Waals surface area contributed by atoms with Crippen LogP contribution in [-0.2, 0) is 6.42 Å². The Hall–Kier alpha value is -2.73. The zero-order valence-corrected chi connectivity index (χ0v) is 18.7. The molecule has 0 aliphatic heterocycles. The van der Waals surface area contributed by atoms with Crippen molar-refractivity contribution in [3.8, 4) is 28.4 Å². The number of ether oxygens (including phenoxy) is 3. The minimum atomic E-state index is -0.0142. The molecule has 0 spiro atoms. The zero-order valence-electron chi connectivity index (χ0n) is 18.7. The molecule has 1 unspecified atom stereocenters. The van der Waals surface area contributed by atoms with Gasteiger partial charge in [-0.2, -0.15) is 0 Å². The zero-order chi connectivity index (χ0) is 21.8. The smallest absolute Gasteiger partial charge is 0.203 e. The van der Waals surface area contributed by atoms with Crippen LogP contribution in [0, 0.1) is 0 Å². The molecule has 0 heterocycles. The highest BCUT2D eigenvalue weighted by atomic mass is 16.5. The number of methoxy groups -OCH3 is 3. The molecular formula is C24H32N2O4. The topological polar surface area (TPSA) is 68.8 Å². The molecule has 1 aliphatic rings. The van der Waals surface area contributed by atoms with Crippen LogP contribution in [0.15, 0.2) is 29.1 Å². The van der Waals surface area contributed by atoms with Gasteiger partial charge >= 0.3 is 0 Å². The number of hydrogen-bond donors (Lipinski definition) is 2. The molecular weight excluding hydrogens is 380 g/mol. The number of aryl methyl sites for hydroxylation is 1. The molecule has 3 rings (SSSR count). The van der Waals surface area contributed by atoms with Gasteiger partial charge in [0.1, 0.15) is 0 Å². The number of fused-ring (bicyclic) bond motifs is 3. The van der Waals surface area contributed by atoms with Crippen molar-refractivity contribution >= 4 is 5.69 Å². The van der Waals surface area contributed by atoms with E-state index in [2.05, 4.69) is 24.5 Å². The van der Waals surface area contributed by atoms with Crippen LogP contribution < -0.4 is 30.3 Å². The molecule has 0 saturated carbocycles. The first-order chi connectivity index (χ1) is 14.5. The SMILES string of the molecule is CCC(C)Nc1ccc2c(cc1=O)[C@@H](NC)CCc1cc(OC)c(OC)c(OC)c1-2. The predicted molar refractivity (Wildman–Crippen MR) is 121 cm³/mol. The van der Waals surface area contributed by atoms with Crippen molar-refractivity contribution in [3.63, 3.8) is 0 Å². The highest BCUT2D eigenvalue weighted by molar-refractivity contribution is 5.83. The normalized spacial score (nSPS) is 16.0. The van der Waals surface area contributed by atoms with Gasteiger partial charge in [0.15, 0.2) is 11.5 Å². The van der Waals surface area contributed by atoms with Crippen molar-refractivity contribution in [3.05, 3.63) is 45.6 Å². The first-order valence-electron chi connectivity index (χ1n) is 10.4. The molecule has 0 aromatic heterocycles. The molecule has 162 valence electrons.